The number of carbonyl (C=O) groups excluding carboxylic acids is 1. The molecule has 4 nitrogen and oxygen atoms in total. The normalized spacial score (nSPS) is 19.2. The lowest BCUT2D eigenvalue weighted by molar-refractivity contribution is 0.0941. The van der Waals surface area contributed by atoms with Crippen molar-refractivity contribution in [3.05, 3.63) is 64.0 Å². The Morgan fingerprint density at radius 3 is 2.31 bits per heavy atom. The second kappa shape index (κ2) is 9.40. The molecule has 0 aliphatic heterocycles. The first-order chi connectivity index (χ1) is 13.8. The number of nitrogens with one attached hydrogen (secondary N) is 2. The number of amides is 1. The van der Waals surface area contributed by atoms with E-state index in [1.165, 1.54) is 17.7 Å². The van der Waals surface area contributed by atoms with Gasteiger partial charge in [0, 0.05) is 24.7 Å². The number of aryl methyl sites for hydroxylation is 3. The van der Waals surface area contributed by atoms with Gasteiger partial charge in [-0.3, -0.25) is 4.79 Å². The summed E-state index contributed by atoms with van der Waals surface area (Å²) in [4.78, 5) is 12.3. The smallest absolute Gasteiger partial charge is 0.251 e. The summed E-state index contributed by atoms with van der Waals surface area (Å²) in [7, 11) is 0. The second-order valence-electron chi connectivity index (χ2n) is 8.40. The fourth-order valence-electron chi connectivity index (χ4n) is 4.19. The third-order valence-corrected chi connectivity index (χ3v) is 5.85. The number of halogens is 1. The molecule has 1 aliphatic carbocycles. The van der Waals surface area contributed by atoms with Crippen molar-refractivity contribution in [1.29, 1.82) is 0 Å². The van der Waals surface area contributed by atoms with Gasteiger partial charge in [-0.05, 0) is 92.8 Å². The fraction of sp³-hybridized carbons (Fsp3) is 0.458. The maximum atomic E-state index is 13.5. The number of phenols is 1. The highest BCUT2D eigenvalue weighted by Gasteiger charge is 2.21. The summed E-state index contributed by atoms with van der Waals surface area (Å²) >= 11 is 0. The van der Waals surface area contributed by atoms with Gasteiger partial charge in [-0.1, -0.05) is 12.1 Å². The highest BCUT2D eigenvalue weighted by molar-refractivity contribution is 5.94. The largest absolute Gasteiger partial charge is 0.507 e. The highest BCUT2D eigenvalue weighted by atomic mass is 19.1. The van der Waals surface area contributed by atoms with E-state index in [4.69, 9.17) is 0 Å². The lowest BCUT2D eigenvalue weighted by Crippen LogP contribution is -2.36. The van der Waals surface area contributed by atoms with Crippen LogP contribution in [-0.2, 0) is 6.54 Å². The molecule has 2 aromatic carbocycles. The van der Waals surface area contributed by atoms with Crippen LogP contribution in [-0.4, -0.2) is 23.6 Å². The molecule has 0 atom stereocenters. The number of aromatic hydroxyl groups is 1. The molecule has 1 aliphatic rings. The Morgan fingerprint density at radius 1 is 1.03 bits per heavy atom. The van der Waals surface area contributed by atoms with Crippen molar-refractivity contribution in [2.45, 2.75) is 59.0 Å². The molecule has 0 heterocycles. The first kappa shape index (κ1) is 21.3. The zero-order valence-corrected chi connectivity index (χ0v) is 17.5. The predicted molar refractivity (Wildman–Crippen MR) is 114 cm³/mol. The first-order valence-electron chi connectivity index (χ1n) is 10.4. The first-order valence-corrected chi connectivity index (χ1v) is 10.4. The van der Waals surface area contributed by atoms with E-state index in [1.807, 2.05) is 26.0 Å². The summed E-state index contributed by atoms with van der Waals surface area (Å²) in [5.41, 5.74) is 4.15. The van der Waals surface area contributed by atoms with Gasteiger partial charge in [0.05, 0.1) is 0 Å². The van der Waals surface area contributed by atoms with Gasteiger partial charge in [0.2, 0.25) is 0 Å². The average molecular weight is 399 g/mol. The number of hydrogen-bond donors (Lipinski definition) is 3. The van der Waals surface area contributed by atoms with Crippen molar-refractivity contribution in [1.82, 2.24) is 10.6 Å². The van der Waals surface area contributed by atoms with Gasteiger partial charge >= 0.3 is 0 Å². The summed E-state index contributed by atoms with van der Waals surface area (Å²) in [6.45, 7) is 7.08. The summed E-state index contributed by atoms with van der Waals surface area (Å²) in [6.07, 6.45) is 4.28. The lowest BCUT2D eigenvalue weighted by Gasteiger charge is -2.29. The van der Waals surface area contributed by atoms with Crippen molar-refractivity contribution in [2.24, 2.45) is 5.92 Å². The summed E-state index contributed by atoms with van der Waals surface area (Å²) in [5.74, 6) is 0.265. The van der Waals surface area contributed by atoms with Gasteiger partial charge in [-0.15, -0.1) is 0 Å². The van der Waals surface area contributed by atoms with Crippen molar-refractivity contribution >= 4 is 5.91 Å². The molecule has 1 amide bonds. The zero-order chi connectivity index (χ0) is 21.0. The highest BCUT2D eigenvalue weighted by Crippen LogP contribution is 2.26. The maximum absolute atomic E-state index is 13.5. The SMILES string of the molecule is Cc1cc(F)cc(C(=O)NC[C@H]2CC[C@@H](NCc3cc(C)c(O)c(C)c3)CC2)c1. The Bertz CT molecular complexity index is 830. The number of hydrogen-bond acceptors (Lipinski definition) is 3. The molecule has 0 radical (unpaired) electrons. The molecular formula is C24H31FN2O2. The molecule has 0 saturated heterocycles. The molecule has 0 spiro atoms. The third-order valence-electron chi connectivity index (χ3n) is 5.85. The summed E-state index contributed by atoms with van der Waals surface area (Å²) in [6, 6.07) is 8.96. The van der Waals surface area contributed by atoms with Crippen LogP contribution in [0, 0.1) is 32.5 Å². The minimum Gasteiger partial charge on any atom is -0.507 e. The standard InChI is InChI=1S/C24H31FN2O2/c1-15-8-20(12-21(25)9-15)24(29)27-13-18-4-6-22(7-5-18)26-14-19-10-16(2)23(28)17(3)11-19/h8-12,18,22,26,28H,4-7,13-14H2,1-3H3,(H,27,29)/t18-,22+. The number of phenolic OH excluding ortho intramolecular Hbond substituents is 1. The van der Waals surface area contributed by atoms with Crippen LogP contribution in [0.1, 0.15) is 58.3 Å². The van der Waals surface area contributed by atoms with E-state index < -0.39 is 0 Å². The molecule has 0 unspecified atom stereocenters. The van der Waals surface area contributed by atoms with Crippen LogP contribution in [0.4, 0.5) is 4.39 Å². The van der Waals surface area contributed by atoms with Gasteiger partial charge in [0.25, 0.3) is 5.91 Å². The average Bonchev–Trinajstić information content (AvgIpc) is 2.68. The van der Waals surface area contributed by atoms with Crippen molar-refractivity contribution < 1.29 is 14.3 Å². The van der Waals surface area contributed by atoms with Crippen molar-refractivity contribution in [3.8, 4) is 5.75 Å². The van der Waals surface area contributed by atoms with E-state index in [2.05, 4.69) is 10.6 Å². The fourth-order valence-corrected chi connectivity index (χ4v) is 4.19. The van der Waals surface area contributed by atoms with E-state index in [1.54, 1.807) is 13.0 Å². The predicted octanol–water partition coefficient (Wildman–Crippen LogP) is 4.53. The maximum Gasteiger partial charge on any atom is 0.251 e. The molecule has 1 fully saturated rings. The topological polar surface area (TPSA) is 61.4 Å². The molecule has 0 bridgehead atoms. The van der Waals surface area contributed by atoms with Gasteiger partial charge < -0.3 is 15.7 Å². The Labute approximate surface area is 172 Å². The zero-order valence-electron chi connectivity index (χ0n) is 17.5. The summed E-state index contributed by atoms with van der Waals surface area (Å²) in [5, 5.41) is 16.5. The van der Waals surface area contributed by atoms with Gasteiger partial charge in [-0.25, -0.2) is 4.39 Å². The third kappa shape index (κ3) is 5.80. The van der Waals surface area contributed by atoms with E-state index >= 15 is 0 Å². The van der Waals surface area contributed by atoms with Crippen LogP contribution in [0.3, 0.4) is 0 Å². The molecule has 5 heteroatoms. The number of benzene rings is 2. The van der Waals surface area contributed by atoms with Crippen LogP contribution in [0.5, 0.6) is 5.75 Å². The molecular weight excluding hydrogens is 367 g/mol. The molecule has 0 aromatic heterocycles. The monoisotopic (exact) mass is 398 g/mol. The second-order valence-corrected chi connectivity index (χ2v) is 8.40. The molecule has 1 saturated carbocycles. The van der Waals surface area contributed by atoms with Crippen LogP contribution in [0.15, 0.2) is 30.3 Å². The van der Waals surface area contributed by atoms with E-state index in [9.17, 15) is 14.3 Å². The molecule has 3 rings (SSSR count). The van der Waals surface area contributed by atoms with Crippen molar-refractivity contribution in [2.75, 3.05) is 6.54 Å². The number of rotatable bonds is 6. The van der Waals surface area contributed by atoms with Crippen LogP contribution >= 0.6 is 0 Å². The van der Waals surface area contributed by atoms with Gasteiger partial charge in [0.1, 0.15) is 11.6 Å². The molecule has 156 valence electrons. The Balaban J connectivity index is 1.42. The lowest BCUT2D eigenvalue weighted by atomic mass is 9.86. The van der Waals surface area contributed by atoms with Crippen LogP contribution in [0.2, 0.25) is 0 Å². The molecule has 29 heavy (non-hydrogen) atoms. The van der Waals surface area contributed by atoms with Crippen LogP contribution in [0.25, 0.3) is 0 Å². The Kier molecular flexibility index (Phi) is 6.91. The molecule has 2 aromatic rings. The van der Waals surface area contributed by atoms with E-state index in [-0.39, 0.29) is 11.7 Å². The van der Waals surface area contributed by atoms with Gasteiger partial charge in [0.15, 0.2) is 0 Å². The van der Waals surface area contributed by atoms with Gasteiger partial charge in [-0.2, -0.15) is 0 Å². The quantitative estimate of drug-likeness (QED) is 0.670. The Morgan fingerprint density at radius 2 is 1.69 bits per heavy atom. The van der Waals surface area contributed by atoms with E-state index in [0.29, 0.717) is 29.8 Å². The molecule has 3 N–H and O–H groups in total. The van der Waals surface area contributed by atoms with Crippen molar-refractivity contribution in [3.63, 3.8) is 0 Å². The van der Waals surface area contributed by atoms with Crippen LogP contribution < -0.4 is 10.6 Å². The minimum atomic E-state index is -0.374. The Hall–Kier alpha value is -2.40. The minimum absolute atomic E-state index is 0.203. The van der Waals surface area contributed by atoms with E-state index in [0.717, 1.165) is 48.9 Å². The summed E-state index contributed by atoms with van der Waals surface area (Å²) < 4.78 is 13.5. The number of carbonyl (C=O) groups is 1.